The Morgan fingerprint density at radius 2 is 1.54 bits per heavy atom. The number of rotatable bonds is 1. The molecule has 0 saturated carbocycles. The Balaban J connectivity index is 1.78. The molecule has 0 spiro atoms. The third kappa shape index (κ3) is 2.32. The number of carbonyl (C=O) groups excluding carboxylic acids is 1. The van der Waals surface area contributed by atoms with E-state index < -0.39 is 0 Å². The number of Topliss-reactive ketones (excluding diaryl/α,β-unsaturated/α-hetero) is 1. The fourth-order valence-electron chi connectivity index (χ4n) is 3.59. The molecular formula is C22H14ClNOS. The molecule has 0 saturated heterocycles. The van der Waals surface area contributed by atoms with E-state index in [1.165, 1.54) is 0 Å². The summed E-state index contributed by atoms with van der Waals surface area (Å²) in [5.41, 5.74) is 5.37. The zero-order valence-corrected chi connectivity index (χ0v) is 15.3. The normalized spacial score (nSPS) is 17.9. The minimum atomic E-state index is -0.158. The number of fused-ring (bicyclic) bond motifs is 3. The number of para-hydroxylation sites is 1. The summed E-state index contributed by atoms with van der Waals surface area (Å²) < 4.78 is 0. The molecule has 1 aliphatic heterocycles. The molecule has 0 fully saturated rings. The molecule has 126 valence electrons. The Bertz CT molecular complexity index is 1090. The lowest BCUT2D eigenvalue weighted by molar-refractivity contribution is 0.103. The molecule has 1 aliphatic carbocycles. The molecule has 0 aromatic heterocycles. The Morgan fingerprint density at radius 1 is 0.846 bits per heavy atom. The Kier molecular flexibility index (Phi) is 3.66. The van der Waals surface area contributed by atoms with Crippen LogP contribution in [0.3, 0.4) is 0 Å². The summed E-state index contributed by atoms with van der Waals surface area (Å²) >= 11 is 8.19. The van der Waals surface area contributed by atoms with E-state index in [-0.39, 0.29) is 11.0 Å². The van der Waals surface area contributed by atoms with Crippen LogP contribution in [0.15, 0.2) is 83.3 Å². The van der Waals surface area contributed by atoms with Gasteiger partial charge in [-0.25, -0.2) is 0 Å². The van der Waals surface area contributed by atoms with E-state index in [1.54, 1.807) is 11.8 Å². The Hall–Kier alpha value is -2.49. The largest absolute Gasteiger partial charge is 0.354 e. The van der Waals surface area contributed by atoms with Gasteiger partial charge in [0.2, 0.25) is 0 Å². The number of nitrogens with one attached hydrogen (secondary N) is 1. The summed E-state index contributed by atoms with van der Waals surface area (Å²) in [6, 6.07) is 23.7. The standard InChI is InChI=1S/C22H14ClNOS/c23-16-10-4-3-9-15(16)22-19-20(13-7-1-2-8-14(13)21(19)25)24-17-11-5-6-12-18(17)26-22/h1-12,22,24H/t22-/m1/s1. The SMILES string of the molecule is O=C1C2=C(Nc3ccccc3S[C@@H]2c2ccccc2Cl)c2ccccc21. The maximum absolute atomic E-state index is 13.3. The van der Waals surface area contributed by atoms with Crippen molar-refractivity contribution >= 4 is 40.5 Å². The molecule has 0 unspecified atom stereocenters. The minimum Gasteiger partial charge on any atom is -0.354 e. The van der Waals surface area contributed by atoms with Crippen molar-refractivity contribution in [2.45, 2.75) is 10.1 Å². The summed E-state index contributed by atoms with van der Waals surface area (Å²) in [6.45, 7) is 0. The highest BCUT2D eigenvalue weighted by Crippen LogP contribution is 2.53. The van der Waals surface area contributed by atoms with E-state index in [9.17, 15) is 4.79 Å². The third-order valence-electron chi connectivity index (χ3n) is 4.80. The van der Waals surface area contributed by atoms with Crippen LogP contribution in [0.5, 0.6) is 0 Å². The van der Waals surface area contributed by atoms with Crippen LogP contribution in [0.25, 0.3) is 5.70 Å². The number of hydrogen-bond donors (Lipinski definition) is 1. The lowest BCUT2D eigenvalue weighted by Crippen LogP contribution is -2.08. The van der Waals surface area contributed by atoms with Gasteiger partial charge in [-0.2, -0.15) is 0 Å². The fourth-order valence-corrected chi connectivity index (χ4v) is 5.23. The fraction of sp³-hybridized carbons (Fsp3) is 0.0455. The molecule has 26 heavy (non-hydrogen) atoms. The smallest absolute Gasteiger partial charge is 0.193 e. The van der Waals surface area contributed by atoms with Crippen molar-refractivity contribution in [2.75, 3.05) is 5.32 Å². The van der Waals surface area contributed by atoms with E-state index in [1.807, 2.05) is 66.7 Å². The molecule has 4 heteroatoms. The number of anilines is 1. The second-order valence-electron chi connectivity index (χ2n) is 6.30. The van der Waals surface area contributed by atoms with Crippen molar-refractivity contribution < 1.29 is 4.79 Å². The van der Waals surface area contributed by atoms with Gasteiger partial charge in [0.1, 0.15) is 0 Å². The number of hydrogen-bond acceptors (Lipinski definition) is 3. The first-order chi connectivity index (χ1) is 12.7. The Labute approximate surface area is 160 Å². The first-order valence-electron chi connectivity index (χ1n) is 8.39. The van der Waals surface area contributed by atoms with Gasteiger partial charge in [-0.15, -0.1) is 11.8 Å². The second kappa shape index (κ2) is 6.04. The molecule has 0 radical (unpaired) electrons. The van der Waals surface area contributed by atoms with Gasteiger partial charge in [0.05, 0.1) is 16.6 Å². The van der Waals surface area contributed by atoms with Crippen LogP contribution in [0.1, 0.15) is 26.7 Å². The van der Waals surface area contributed by atoms with Gasteiger partial charge < -0.3 is 5.32 Å². The van der Waals surface area contributed by atoms with Crippen molar-refractivity contribution in [3.05, 3.63) is 100 Å². The summed E-state index contributed by atoms with van der Waals surface area (Å²) in [5, 5.41) is 4.05. The van der Waals surface area contributed by atoms with E-state index in [0.29, 0.717) is 5.02 Å². The van der Waals surface area contributed by atoms with Crippen molar-refractivity contribution in [1.29, 1.82) is 0 Å². The van der Waals surface area contributed by atoms with E-state index >= 15 is 0 Å². The first-order valence-corrected chi connectivity index (χ1v) is 9.65. The molecule has 0 amide bonds. The summed E-state index contributed by atoms with van der Waals surface area (Å²) in [4.78, 5) is 14.4. The van der Waals surface area contributed by atoms with Crippen molar-refractivity contribution in [2.24, 2.45) is 0 Å². The van der Waals surface area contributed by atoms with Crippen LogP contribution in [-0.2, 0) is 0 Å². The maximum atomic E-state index is 13.3. The summed E-state index contributed by atoms with van der Waals surface area (Å²) in [7, 11) is 0. The van der Waals surface area contributed by atoms with Crippen molar-refractivity contribution in [3.63, 3.8) is 0 Å². The lowest BCUT2D eigenvalue weighted by atomic mass is 10.0. The zero-order valence-electron chi connectivity index (χ0n) is 13.7. The van der Waals surface area contributed by atoms with Crippen LogP contribution in [-0.4, -0.2) is 5.78 Å². The molecule has 5 rings (SSSR count). The van der Waals surface area contributed by atoms with Crippen LogP contribution < -0.4 is 5.32 Å². The van der Waals surface area contributed by atoms with Crippen LogP contribution in [0.2, 0.25) is 5.02 Å². The quantitative estimate of drug-likeness (QED) is 0.548. The predicted molar refractivity (Wildman–Crippen MR) is 108 cm³/mol. The van der Waals surface area contributed by atoms with Gasteiger partial charge in [-0.1, -0.05) is 66.2 Å². The number of thioether (sulfide) groups is 1. The van der Waals surface area contributed by atoms with Gasteiger partial charge in [-0.3, -0.25) is 4.79 Å². The van der Waals surface area contributed by atoms with Crippen LogP contribution in [0.4, 0.5) is 5.69 Å². The monoisotopic (exact) mass is 375 g/mol. The molecule has 3 aromatic carbocycles. The third-order valence-corrected chi connectivity index (χ3v) is 6.48. The van der Waals surface area contributed by atoms with Crippen LogP contribution in [0, 0.1) is 0 Å². The van der Waals surface area contributed by atoms with Crippen molar-refractivity contribution in [3.8, 4) is 0 Å². The lowest BCUT2D eigenvalue weighted by Gasteiger charge is -2.18. The molecule has 2 aliphatic rings. The second-order valence-corrected chi connectivity index (χ2v) is 7.86. The summed E-state index contributed by atoms with van der Waals surface area (Å²) in [5.74, 6) is 0.0772. The van der Waals surface area contributed by atoms with Crippen LogP contribution >= 0.6 is 23.4 Å². The maximum Gasteiger partial charge on any atom is 0.193 e. The predicted octanol–water partition coefficient (Wildman–Crippen LogP) is 6.21. The average Bonchev–Trinajstić information content (AvgIpc) is 2.84. The average molecular weight is 376 g/mol. The van der Waals surface area contributed by atoms with Gasteiger partial charge in [0.15, 0.2) is 5.78 Å². The molecule has 1 N–H and O–H groups in total. The van der Waals surface area contributed by atoms with Gasteiger partial charge in [0.25, 0.3) is 0 Å². The molecule has 3 aromatic rings. The topological polar surface area (TPSA) is 29.1 Å². The molecule has 2 nitrogen and oxygen atoms in total. The highest BCUT2D eigenvalue weighted by molar-refractivity contribution is 8.00. The number of benzene rings is 3. The highest BCUT2D eigenvalue weighted by Gasteiger charge is 2.38. The van der Waals surface area contributed by atoms with E-state index in [4.69, 9.17) is 11.6 Å². The van der Waals surface area contributed by atoms with E-state index in [2.05, 4.69) is 11.4 Å². The zero-order chi connectivity index (χ0) is 17.7. The van der Waals surface area contributed by atoms with Gasteiger partial charge in [-0.05, 0) is 23.8 Å². The minimum absolute atomic E-state index is 0.0772. The van der Waals surface area contributed by atoms with Gasteiger partial charge in [0, 0.05) is 26.6 Å². The molecule has 0 bridgehead atoms. The molecular weight excluding hydrogens is 362 g/mol. The first kappa shape index (κ1) is 15.7. The van der Waals surface area contributed by atoms with E-state index in [0.717, 1.165) is 38.5 Å². The Morgan fingerprint density at radius 3 is 2.38 bits per heavy atom. The van der Waals surface area contributed by atoms with Gasteiger partial charge >= 0.3 is 0 Å². The van der Waals surface area contributed by atoms with Crippen molar-refractivity contribution in [1.82, 2.24) is 0 Å². The number of carbonyl (C=O) groups is 1. The molecule has 1 atom stereocenters. The highest BCUT2D eigenvalue weighted by atomic mass is 35.5. The number of ketones is 1. The molecule has 1 heterocycles. The summed E-state index contributed by atoms with van der Waals surface area (Å²) in [6.07, 6.45) is 0. The number of halogens is 1.